The highest BCUT2D eigenvalue weighted by Gasteiger charge is 2.34. The summed E-state index contributed by atoms with van der Waals surface area (Å²) < 4.78 is 4.86. The molecule has 1 saturated carbocycles. The average molecular weight is 451 g/mol. The molecule has 2 rings (SSSR count). The Labute approximate surface area is 192 Å². The zero-order valence-corrected chi connectivity index (χ0v) is 19.6. The van der Waals surface area contributed by atoms with E-state index in [-0.39, 0.29) is 30.7 Å². The van der Waals surface area contributed by atoms with Gasteiger partial charge in [-0.1, -0.05) is 62.6 Å². The van der Waals surface area contributed by atoms with E-state index in [4.69, 9.17) is 21.4 Å². The Morgan fingerprint density at radius 1 is 1.19 bits per heavy atom. The second-order valence-electron chi connectivity index (χ2n) is 8.59. The van der Waals surface area contributed by atoms with Gasteiger partial charge in [0.05, 0.1) is 12.7 Å². The molecule has 3 unspecified atom stereocenters. The lowest BCUT2D eigenvalue weighted by Crippen LogP contribution is -2.13. The van der Waals surface area contributed by atoms with Gasteiger partial charge in [0.25, 0.3) is 0 Å². The lowest BCUT2D eigenvalue weighted by molar-refractivity contribution is -0.144. The predicted octanol–water partition coefficient (Wildman–Crippen LogP) is 6.05. The molecule has 4 atom stereocenters. The summed E-state index contributed by atoms with van der Waals surface area (Å²) >= 11 is 6.65. The van der Waals surface area contributed by atoms with Crippen molar-refractivity contribution in [2.75, 3.05) is 13.2 Å². The topological polar surface area (TPSA) is 66.8 Å². The molecule has 1 aromatic rings. The molecule has 5 heteroatoms. The quantitative estimate of drug-likeness (QED) is 0.156. The molecule has 1 aromatic carbocycles. The van der Waals surface area contributed by atoms with Gasteiger partial charge in [-0.2, -0.15) is 0 Å². The summed E-state index contributed by atoms with van der Waals surface area (Å²) in [5.41, 5.74) is 2.33. The van der Waals surface area contributed by atoms with Crippen LogP contribution in [0.2, 0.25) is 0 Å². The number of esters is 1. The molecule has 0 spiro atoms. The van der Waals surface area contributed by atoms with Gasteiger partial charge >= 0.3 is 5.97 Å². The Kier molecular flexibility index (Phi) is 12.2. The molecular weight excluding hydrogens is 412 g/mol. The zero-order chi connectivity index (χ0) is 22.5. The van der Waals surface area contributed by atoms with Gasteiger partial charge in [-0.05, 0) is 61.5 Å². The molecule has 174 valence electrons. The van der Waals surface area contributed by atoms with Crippen LogP contribution in [-0.2, 0) is 9.53 Å². The lowest BCUT2D eigenvalue weighted by Gasteiger charge is -2.21. The Balaban J connectivity index is 1.81. The number of aliphatic hydroxyl groups is 2. The maximum atomic E-state index is 11.4. The Morgan fingerprint density at radius 3 is 2.68 bits per heavy atom. The van der Waals surface area contributed by atoms with Crippen molar-refractivity contribution in [2.24, 2.45) is 5.92 Å². The molecule has 1 aliphatic carbocycles. The third-order valence-corrected chi connectivity index (χ3v) is 6.79. The molecule has 31 heavy (non-hydrogen) atoms. The summed E-state index contributed by atoms with van der Waals surface area (Å²) in [4.78, 5) is 11.4. The fourth-order valence-corrected chi connectivity index (χ4v) is 4.84. The number of hydrogen-bond donors (Lipinski definition) is 2. The van der Waals surface area contributed by atoms with Crippen molar-refractivity contribution in [1.82, 2.24) is 0 Å². The van der Waals surface area contributed by atoms with Crippen LogP contribution in [0.4, 0.5) is 0 Å². The molecule has 0 bridgehead atoms. The summed E-state index contributed by atoms with van der Waals surface area (Å²) in [6.07, 6.45) is 13.2. The van der Waals surface area contributed by atoms with Gasteiger partial charge in [-0.25, -0.2) is 0 Å². The van der Waals surface area contributed by atoms with Gasteiger partial charge in [-0.15, -0.1) is 11.6 Å². The monoisotopic (exact) mass is 450 g/mol. The van der Waals surface area contributed by atoms with Gasteiger partial charge in [-0.3, -0.25) is 4.79 Å². The van der Waals surface area contributed by atoms with Crippen molar-refractivity contribution in [3.8, 4) is 0 Å². The van der Waals surface area contributed by atoms with Crippen LogP contribution in [-0.4, -0.2) is 34.8 Å². The first-order chi connectivity index (χ1) is 15.1. The van der Waals surface area contributed by atoms with E-state index in [1.807, 2.05) is 0 Å². The highest BCUT2D eigenvalue weighted by atomic mass is 35.5. The van der Waals surface area contributed by atoms with Crippen LogP contribution in [0, 0.1) is 5.92 Å². The molecule has 0 aliphatic heterocycles. The fraction of sp³-hybridized carbons (Fsp3) is 0.654. The molecule has 0 radical (unpaired) electrons. The third kappa shape index (κ3) is 8.96. The Hall–Kier alpha value is -1.36. The minimum absolute atomic E-state index is 0.0770. The minimum Gasteiger partial charge on any atom is -0.463 e. The number of unbranched alkanes of at least 4 members (excludes halogenated alkanes) is 3. The van der Waals surface area contributed by atoms with Gasteiger partial charge in [0, 0.05) is 11.8 Å². The number of hydrogen-bond acceptors (Lipinski definition) is 4. The number of halogens is 1. The number of aliphatic hydroxyl groups excluding tert-OH is 2. The maximum Gasteiger partial charge on any atom is 0.305 e. The number of benzene rings is 1. The van der Waals surface area contributed by atoms with Crippen LogP contribution in [0.3, 0.4) is 0 Å². The van der Waals surface area contributed by atoms with Crippen LogP contribution in [0.5, 0.6) is 0 Å². The molecule has 0 aromatic heterocycles. The van der Waals surface area contributed by atoms with Crippen molar-refractivity contribution in [2.45, 2.75) is 88.5 Å². The summed E-state index contributed by atoms with van der Waals surface area (Å²) in [7, 11) is 0. The Bertz CT molecular complexity index is 658. The van der Waals surface area contributed by atoms with E-state index in [1.54, 1.807) is 0 Å². The van der Waals surface area contributed by atoms with E-state index in [9.17, 15) is 9.90 Å². The van der Waals surface area contributed by atoms with Crippen LogP contribution < -0.4 is 0 Å². The largest absolute Gasteiger partial charge is 0.463 e. The lowest BCUT2D eigenvalue weighted by atomic mass is 9.85. The highest BCUT2D eigenvalue weighted by molar-refractivity contribution is 6.21. The van der Waals surface area contributed by atoms with Crippen molar-refractivity contribution in [3.63, 3.8) is 0 Å². The summed E-state index contributed by atoms with van der Waals surface area (Å²) in [6, 6.07) is 8.51. The summed E-state index contributed by atoms with van der Waals surface area (Å²) in [6.45, 7) is 2.12. The molecule has 0 heterocycles. The second kappa shape index (κ2) is 14.7. The van der Waals surface area contributed by atoms with Crippen molar-refractivity contribution >= 4 is 17.6 Å². The van der Waals surface area contributed by atoms with Crippen molar-refractivity contribution in [3.05, 3.63) is 47.5 Å². The van der Waals surface area contributed by atoms with E-state index in [0.29, 0.717) is 18.3 Å². The molecular formula is C26H39ClO4. The zero-order valence-electron chi connectivity index (χ0n) is 18.8. The molecule has 4 nitrogen and oxygen atoms in total. The SMILES string of the molecule is CCCCCC(O)c1ccc(C2CCC(Cl)[C@@H]2C/C=C\CCCC(=O)OCCO)cc1. The first-order valence-corrected chi connectivity index (χ1v) is 12.3. The van der Waals surface area contributed by atoms with Crippen molar-refractivity contribution in [1.29, 1.82) is 0 Å². The molecule has 2 N–H and O–H groups in total. The van der Waals surface area contributed by atoms with Crippen LogP contribution >= 0.6 is 11.6 Å². The predicted molar refractivity (Wildman–Crippen MR) is 126 cm³/mol. The minimum atomic E-state index is -0.371. The molecule has 1 fully saturated rings. The van der Waals surface area contributed by atoms with Crippen LogP contribution in [0.25, 0.3) is 0 Å². The van der Waals surface area contributed by atoms with E-state index in [1.165, 1.54) is 12.0 Å². The second-order valence-corrected chi connectivity index (χ2v) is 9.15. The number of ether oxygens (including phenoxy) is 1. The van der Waals surface area contributed by atoms with Crippen molar-refractivity contribution < 1.29 is 19.7 Å². The van der Waals surface area contributed by atoms with Crippen LogP contribution in [0.1, 0.15) is 94.3 Å². The molecule has 0 amide bonds. The van der Waals surface area contributed by atoms with Gasteiger partial charge in [0.2, 0.25) is 0 Å². The van der Waals surface area contributed by atoms with E-state index in [2.05, 4.69) is 43.3 Å². The van der Waals surface area contributed by atoms with Crippen LogP contribution in [0.15, 0.2) is 36.4 Å². The van der Waals surface area contributed by atoms with E-state index >= 15 is 0 Å². The molecule has 1 aliphatic rings. The first-order valence-electron chi connectivity index (χ1n) is 11.9. The van der Waals surface area contributed by atoms with Gasteiger partial charge in [0.1, 0.15) is 6.61 Å². The standard InChI is InChI=1S/C26H39ClO4/c1-2-3-6-10-25(29)21-14-12-20(13-15-21)22-16-17-24(27)23(22)9-7-4-5-8-11-26(30)31-19-18-28/h4,7,12-15,22-25,28-29H,2-3,5-6,8-11,16-19H2,1H3/b7-4-/t22?,23-,24?,25?/m1/s1. The maximum absolute atomic E-state index is 11.4. The molecule has 0 saturated heterocycles. The number of carbonyl (C=O) groups is 1. The summed E-state index contributed by atoms with van der Waals surface area (Å²) in [5.74, 6) is 0.609. The van der Waals surface area contributed by atoms with E-state index in [0.717, 1.165) is 56.9 Å². The van der Waals surface area contributed by atoms with Gasteiger partial charge in [0.15, 0.2) is 0 Å². The Morgan fingerprint density at radius 2 is 1.97 bits per heavy atom. The number of alkyl halides is 1. The van der Waals surface area contributed by atoms with Gasteiger partial charge < -0.3 is 14.9 Å². The average Bonchev–Trinajstić information content (AvgIpc) is 3.15. The highest BCUT2D eigenvalue weighted by Crippen LogP contribution is 2.44. The normalized spacial score (nSPS) is 22.1. The van der Waals surface area contributed by atoms with E-state index < -0.39 is 0 Å². The fourth-order valence-electron chi connectivity index (χ4n) is 4.43. The third-order valence-electron chi connectivity index (χ3n) is 6.25. The smallest absolute Gasteiger partial charge is 0.305 e. The number of allylic oxidation sites excluding steroid dienone is 2. The number of rotatable bonds is 14. The number of carbonyl (C=O) groups excluding carboxylic acids is 1. The summed E-state index contributed by atoms with van der Waals surface area (Å²) in [5, 5.41) is 19.2. The first kappa shape index (κ1) is 25.9.